The molecule has 0 saturated carbocycles. The predicted octanol–water partition coefficient (Wildman–Crippen LogP) is 1.86. The first-order chi connectivity index (χ1) is 10.0. The maximum absolute atomic E-state index is 13.4. The molecule has 5 nitrogen and oxygen atoms in total. The van der Waals surface area contributed by atoms with Crippen LogP contribution >= 0.6 is 0 Å². The zero-order chi connectivity index (χ0) is 15.4. The summed E-state index contributed by atoms with van der Waals surface area (Å²) < 4.78 is 15.0. The predicted molar refractivity (Wildman–Crippen MR) is 79.7 cm³/mol. The third-order valence-corrected chi connectivity index (χ3v) is 3.17. The van der Waals surface area contributed by atoms with Crippen LogP contribution in [0, 0.1) is 12.7 Å². The van der Waals surface area contributed by atoms with Crippen molar-refractivity contribution in [2.75, 3.05) is 18.0 Å². The molecule has 0 spiro atoms. The van der Waals surface area contributed by atoms with Crippen LogP contribution < -0.4 is 10.6 Å². The standard InChI is InChI=1S/C15H19FN4O/c1-11-9-14(19(2)18-11)15(21)20(8-4-7-17)13-6-3-5-12(16)10-13/h3,5-6,9-10H,4,7-8,17H2,1-2H3. The number of carbonyl (C=O) groups excluding carboxylic acids is 1. The molecule has 112 valence electrons. The van der Waals surface area contributed by atoms with E-state index in [0.29, 0.717) is 30.9 Å². The SMILES string of the molecule is Cc1cc(C(=O)N(CCCN)c2cccc(F)c2)n(C)n1. The lowest BCUT2D eigenvalue weighted by Crippen LogP contribution is -2.34. The van der Waals surface area contributed by atoms with E-state index in [-0.39, 0.29) is 11.7 Å². The molecular weight excluding hydrogens is 271 g/mol. The van der Waals surface area contributed by atoms with Crippen LogP contribution in [0.25, 0.3) is 0 Å². The number of anilines is 1. The van der Waals surface area contributed by atoms with Crippen molar-refractivity contribution >= 4 is 11.6 Å². The number of halogens is 1. The second-order valence-electron chi connectivity index (χ2n) is 4.87. The molecule has 2 N–H and O–H groups in total. The first-order valence-electron chi connectivity index (χ1n) is 6.81. The van der Waals surface area contributed by atoms with Crippen LogP contribution in [0.5, 0.6) is 0 Å². The lowest BCUT2D eigenvalue weighted by atomic mass is 10.2. The molecule has 2 rings (SSSR count). The molecule has 0 fully saturated rings. The third-order valence-electron chi connectivity index (χ3n) is 3.17. The summed E-state index contributed by atoms with van der Waals surface area (Å²) in [6.07, 6.45) is 0.638. The molecule has 0 unspecified atom stereocenters. The average Bonchev–Trinajstić information content (AvgIpc) is 2.78. The zero-order valence-electron chi connectivity index (χ0n) is 12.2. The summed E-state index contributed by atoms with van der Waals surface area (Å²) >= 11 is 0. The Hall–Kier alpha value is -2.21. The normalized spacial score (nSPS) is 10.7. The molecule has 0 bridgehead atoms. The van der Waals surface area contributed by atoms with Crippen LogP contribution in [-0.4, -0.2) is 28.8 Å². The van der Waals surface area contributed by atoms with Gasteiger partial charge in [-0.05, 0) is 44.2 Å². The highest BCUT2D eigenvalue weighted by Gasteiger charge is 2.21. The van der Waals surface area contributed by atoms with Crippen molar-refractivity contribution in [1.29, 1.82) is 0 Å². The van der Waals surface area contributed by atoms with Gasteiger partial charge in [-0.3, -0.25) is 9.48 Å². The molecule has 0 radical (unpaired) electrons. The van der Waals surface area contributed by atoms with Gasteiger partial charge in [0.1, 0.15) is 11.5 Å². The fourth-order valence-corrected chi connectivity index (χ4v) is 2.19. The number of benzene rings is 1. The molecule has 0 aliphatic carbocycles. The summed E-state index contributed by atoms with van der Waals surface area (Å²) in [5, 5.41) is 4.18. The number of nitrogens with two attached hydrogens (primary N) is 1. The third kappa shape index (κ3) is 3.46. The first-order valence-corrected chi connectivity index (χ1v) is 6.81. The number of hydrogen-bond acceptors (Lipinski definition) is 3. The van der Waals surface area contributed by atoms with Crippen LogP contribution in [0.15, 0.2) is 30.3 Å². The van der Waals surface area contributed by atoms with Crippen LogP contribution in [-0.2, 0) is 7.05 Å². The molecular formula is C15H19FN4O. The van der Waals surface area contributed by atoms with Crippen molar-refractivity contribution < 1.29 is 9.18 Å². The van der Waals surface area contributed by atoms with Gasteiger partial charge in [-0.25, -0.2) is 4.39 Å². The van der Waals surface area contributed by atoms with E-state index in [1.54, 1.807) is 25.2 Å². The highest BCUT2D eigenvalue weighted by molar-refractivity contribution is 6.05. The molecule has 0 saturated heterocycles. The van der Waals surface area contributed by atoms with Gasteiger partial charge in [-0.2, -0.15) is 5.10 Å². The summed E-state index contributed by atoms with van der Waals surface area (Å²) in [7, 11) is 1.72. The molecule has 0 atom stereocenters. The first kappa shape index (κ1) is 15.2. The van der Waals surface area contributed by atoms with E-state index >= 15 is 0 Å². The van der Waals surface area contributed by atoms with Gasteiger partial charge in [0.2, 0.25) is 0 Å². The number of hydrogen-bond donors (Lipinski definition) is 1. The van der Waals surface area contributed by atoms with E-state index in [2.05, 4.69) is 5.10 Å². The van der Waals surface area contributed by atoms with E-state index in [9.17, 15) is 9.18 Å². The number of aromatic nitrogens is 2. The smallest absolute Gasteiger partial charge is 0.276 e. The van der Waals surface area contributed by atoms with Crippen molar-refractivity contribution in [3.05, 3.63) is 47.5 Å². The Morgan fingerprint density at radius 3 is 2.76 bits per heavy atom. The van der Waals surface area contributed by atoms with Crippen molar-refractivity contribution in [2.24, 2.45) is 12.8 Å². The molecule has 2 aromatic rings. The van der Waals surface area contributed by atoms with E-state index in [1.165, 1.54) is 21.7 Å². The van der Waals surface area contributed by atoms with E-state index in [0.717, 1.165) is 5.69 Å². The Morgan fingerprint density at radius 2 is 2.19 bits per heavy atom. The Kier molecular flexibility index (Phi) is 4.70. The summed E-state index contributed by atoms with van der Waals surface area (Å²) in [5.41, 5.74) is 7.28. The lowest BCUT2D eigenvalue weighted by molar-refractivity contribution is 0.0977. The summed E-state index contributed by atoms with van der Waals surface area (Å²) in [6, 6.07) is 7.71. The van der Waals surface area contributed by atoms with Crippen molar-refractivity contribution in [3.8, 4) is 0 Å². The fraction of sp³-hybridized carbons (Fsp3) is 0.333. The van der Waals surface area contributed by atoms with Crippen molar-refractivity contribution in [3.63, 3.8) is 0 Å². The monoisotopic (exact) mass is 290 g/mol. The molecule has 1 amide bonds. The molecule has 21 heavy (non-hydrogen) atoms. The summed E-state index contributed by atoms with van der Waals surface area (Å²) in [6.45, 7) is 2.72. The number of aryl methyl sites for hydroxylation is 2. The van der Waals surface area contributed by atoms with Crippen LogP contribution in [0.1, 0.15) is 22.6 Å². The topological polar surface area (TPSA) is 64.2 Å². The van der Waals surface area contributed by atoms with Crippen molar-refractivity contribution in [1.82, 2.24) is 9.78 Å². The van der Waals surface area contributed by atoms with Gasteiger partial charge >= 0.3 is 0 Å². The van der Waals surface area contributed by atoms with Gasteiger partial charge < -0.3 is 10.6 Å². The minimum absolute atomic E-state index is 0.211. The number of rotatable bonds is 5. The van der Waals surface area contributed by atoms with Gasteiger partial charge in [0, 0.05) is 19.3 Å². The van der Waals surface area contributed by atoms with E-state index in [1.807, 2.05) is 6.92 Å². The average molecular weight is 290 g/mol. The highest BCUT2D eigenvalue weighted by atomic mass is 19.1. The molecule has 6 heteroatoms. The lowest BCUT2D eigenvalue weighted by Gasteiger charge is -2.22. The molecule has 1 heterocycles. The molecule has 0 aliphatic rings. The summed E-state index contributed by atoms with van der Waals surface area (Å²) in [4.78, 5) is 14.2. The minimum atomic E-state index is -0.376. The van der Waals surface area contributed by atoms with E-state index in [4.69, 9.17) is 5.73 Å². The zero-order valence-corrected chi connectivity index (χ0v) is 12.2. The quantitative estimate of drug-likeness (QED) is 0.914. The van der Waals surface area contributed by atoms with Crippen LogP contribution in [0.2, 0.25) is 0 Å². The van der Waals surface area contributed by atoms with Crippen molar-refractivity contribution in [2.45, 2.75) is 13.3 Å². The second-order valence-corrected chi connectivity index (χ2v) is 4.87. The molecule has 0 aliphatic heterocycles. The Morgan fingerprint density at radius 1 is 1.43 bits per heavy atom. The van der Waals surface area contributed by atoms with Crippen LogP contribution in [0.3, 0.4) is 0 Å². The number of nitrogens with zero attached hydrogens (tertiary/aromatic N) is 3. The summed E-state index contributed by atoms with van der Waals surface area (Å²) in [5.74, 6) is -0.587. The maximum atomic E-state index is 13.4. The highest BCUT2D eigenvalue weighted by Crippen LogP contribution is 2.19. The molecule has 1 aromatic carbocycles. The van der Waals surface area contributed by atoms with Gasteiger partial charge in [0.15, 0.2) is 0 Å². The number of amides is 1. The van der Waals surface area contributed by atoms with Gasteiger partial charge in [-0.1, -0.05) is 6.07 Å². The van der Waals surface area contributed by atoms with E-state index < -0.39 is 0 Å². The fourth-order valence-electron chi connectivity index (χ4n) is 2.19. The van der Waals surface area contributed by atoms with Crippen LogP contribution in [0.4, 0.5) is 10.1 Å². The minimum Gasteiger partial charge on any atom is -0.330 e. The largest absolute Gasteiger partial charge is 0.330 e. The Balaban J connectivity index is 2.35. The number of carbonyl (C=O) groups is 1. The molecule has 1 aromatic heterocycles. The Bertz CT molecular complexity index is 638. The van der Waals surface area contributed by atoms with Gasteiger partial charge in [-0.15, -0.1) is 0 Å². The second kappa shape index (κ2) is 6.49. The van der Waals surface area contributed by atoms with Gasteiger partial charge in [0.25, 0.3) is 5.91 Å². The maximum Gasteiger partial charge on any atom is 0.276 e. The van der Waals surface area contributed by atoms with Gasteiger partial charge in [0.05, 0.1) is 5.69 Å². The Labute approximate surface area is 123 Å².